The average Bonchev–Trinajstić information content (AvgIpc) is 2.98. The molecular weight excluding hydrogens is 188 g/mol. The third kappa shape index (κ3) is 2.12. The first kappa shape index (κ1) is 10.4. The Kier molecular flexibility index (Phi) is 2.65. The van der Waals surface area contributed by atoms with Crippen LogP contribution in [0.5, 0.6) is 5.88 Å². The van der Waals surface area contributed by atoms with E-state index in [-0.39, 0.29) is 5.54 Å². The summed E-state index contributed by atoms with van der Waals surface area (Å²) in [6.45, 7) is 4.33. The highest BCUT2D eigenvalue weighted by Gasteiger charge is 2.45. The van der Waals surface area contributed by atoms with Crippen LogP contribution in [0, 0.1) is 0 Å². The third-order valence-electron chi connectivity index (χ3n) is 2.74. The molecule has 0 unspecified atom stereocenters. The minimum Gasteiger partial charge on any atom is -0.481 e. The van der Waals surface area contributed by atoms with Gasteiger partial charge in [-0.2, -0.15) is 0 Å². The number of rotatable bonds is 4. The van der Waals surface area contributed by atoms with Gasteiger partial charge in [-0.3, -0.25) is 0 Å². The number of methoxy groups -OCH3 is 1. The van der Waals surface area contributed by atoms with E-state index in [1.807, 2.05) is 12.1 Å². The van der Waals surface area contributed by atoms with Crippen LogP contribution in [-0.2, 0) is 5.54 Å². The fourth-order valence-electron chi connectivity index (χ4n) is 1.95. The van der Waals surface area contributed by atoms with Crippen molar-refractivity contribution < 1.29 is 4.74 Å². The highest BCUT2D eigenvalue weighted by Crippen LogP contribution is 2.45. The Morgan fingerprint density at radius 3 is 2.67 bits per heavy atom. The predicted octanol–water partition coefficient (Wildman–Crippen LogP) is 2.08. The molecule has 82 valence electrons. The Balaban J connectivity index is 2.21. The summed E-state index contributed by atoms with van der Waals surface area (Å²) in [7, 11) is 1.65. The quantitative estimate of drug-likeness (QED) is 0.819. The molecular formula is C12H18N2O. The first-order valence-corrected chi connectivity index (χ1v) is 5.45. The first-order valence-electron chi connectivity index (χ1n) is 5.45. The Morgan fingerprint density at radius 1 is 1.40 bits per heavy atom. The summed E-state index contributed by atoms with van der Waals surface area (Å²) >= 11 is 0. The van der Waals surface area contributed by atoms with Crippen molar-refractivity contribution in [2.75, 3.05) is 7.11 Å². The van der Waals surface area contributed by atoms with Crippen molar-refractivity contribution in [3.63, 3.8) is 0 Å². The zero-order valence-corrected chi connectivity index (χ0v) is 9.58. The van der Waals surface area contributed by atoms with Gasteiger partial charge < -0.3 is 10.1 Å². The van der Waals surface area contributed by atoms with Gasteiger partial charge in [-0.25, -0.2) is 4.98 Å². The summed E-state index contributed by atoms with van der Waals surface area (Å²) in [6.07, 6.45) is 2.34. The van der Waals surface area contributed by atoms with Crippen molar-refractivity contribution in [1.29, 1.82) is 0 Å². The van der Waals surface area contributed by atoms with Crippen LogP contribution in [0.4, 0.5) is 0 Å². The second-order valence-corrected chi connectivity index (χ2v) is 4.45. The molecule has 1 aromatic rings. The molecule has 0 amide bonds. The minimum atomic E-state index is 0.114. The third-order valence-corrected chi connectivity index (χ3v) is 2.74. The summed E-state index contributed by atoms with van der Waals surface area (Å²) in [4.78, 5) is 4.49. The normalized spacial score (nSPS) is 17.9. The van der Waals surface area contributed by atoms with Gasteiger partial charge in [-0.05, 0) is 32.8 Å². The molecule has 1 fully saturated rings. The number of nitrogens with zero attached hydrogens (tertiary/aromatic N) is 1. The smallest absolute Gasteiger partial charge is 0.213 e. The summed E-state index contributed by atoms with van der Waals surface area (Å²) in [5.41, 5.74) is 1.22. The molecule has 1 aliphatic rings. The van der Waals surface area contributed by atoms with E-state index in [0.29, 0.717) is 11.9 Å². The van der Waals surface area contributed by atoms with Gasteiger partial charge in [-0.1, -0.05) is 6.07 Å². The van der Waals surface area contributed by atoms with E-state index in [0.717, 1.165) is 5.69 Å². The molecule has 3 heteroatoms. The van der Waals surface area contributed by atoms with Crippen LogP contribution in [-0.4, -0.2) is 18.1 Å². The summed E-state index contributed by atoms with van der Waals surface area (Å²) in [6, 6.07) is 6.45. The van der Waals surface area contributed by atoms with E-state index in [1.54, 1.807) is 7.11 Å². The molecule has 1 N–H and O–H groups in total. The highest BCUT2D eigenvalue weighted by atomic mass is 16.5. The maximum Gasteiger partial charge on any atom is 0.213 e. The molecule has 2 rings (SSSR count). The van der Waals surface area contributed by atoms with E-state index in [1.165, 1.54) is 12.8 Å². The van der Waals surface area contributed by atoms with Crippen LogP contribution in [0.15, 0.2) is 18.2 Å². The number of ether oxygens (including phenoxy) is 1. The fourth-order valence-corrected chi connectivity index (χ4v) is 1.95. The fraction of sp³-hybridized carbons (Fsp3) is 0.583. The number of pyridine rings is 1. The van der Waals surface area contributed by atoms with Crippen molar-refractivity contribution >= 4 is 0 Å². The number of aromatic nitrogens is 1. The largest absolute Gasteiger partial charge is 0.481 e. The molecule has 15 heavy (non-hydrogen) atoms. The van der Waals surface area contributed by atoms with Gasteiger partial charge in [0.1, 0.15) is 0 Å². The maximum atomic E-state index is 5.14. The lowest BCUT2D eigenvalue weighted by Crippen LogP contribution is -2.35. The van der Waals surface area contributed by atoms with Crippen molar-refractivity contribution in [2.45, 2.75) is 38.3 Å². The van der Waals surface area contributed by atoms with Gasteiger partial charge in [0.2, 0.25) is 5.88 Å². The van der Waals surface area contributed by atoms with E-state index in [4.69, 9.17) is 4.74 Å². The van der Waals surface area contributed by atoms with Crippen LogP contribution in [0.3, 0.4) is 0 Å². The van der Waals surface area contributed by atoms with Crippen molar-refractivity contribution in [3.05, 3.63) is 23.9 Å². The number of hydrogen-bond acceptors (Lipinski definition) is 3. The zero-order chi connectivity index (χ0) is 10.9. The molecule has 0 aromatic carbocycles. The van der Waals surface area contributed by atoms with Crippen LogP contribution < -0.4 is 10.1 Å². The van der Waals surface area contributed by atoms with Gasteiger partial charge in [0.15, 0.2) is 0 Å². The van der Waals surface area contributed by atoms with Gasteiger partial charge >= 0.3 is 0 Å². The summed E-state index contributed by atoms with van der Waals surface area (Å²) in [5, 5.41) is 3.58. The topological polar surface area (TPSA) is 34.1 Å². The SMILES string of the molecule is COc1cccc(C2(NC(C)C)CC2)n1. The molecule has 0 radical (unpaired) electrons. The highest BCUT2D eigenvalue weighted by molar-refractivity contribution is 5.27. The van der Waals surface area contributed by atoms with E-state index < -0.39 is 0 Å². The average molecular weight is 206 g/mol. The van der Waals surface area contributed by atoms with Crippen LogP contribution in [0.25, 0.3) is 0 Å². The maximum absolute atomic E-state index is 5.14. The standard InChI is InChI=1S/C12H18N2O/c1-9(2)14-12(7-8-12)10-5-4-6-11(13-10)15-3/h4-6,9,14H,7-8H2,1-3H3. The molecule has 3 nitrogen and oxygen atoms in total. The van der Waals surface area contributed by atoms with Crippen LogP contribution in [0.2, 0.25) is 0 Å². The monoisotopic (exact) mass is 206 g/mol. The Labute approximate surface area is 90.9 Å². The van der Waals surface area contributed by atoms with Crippen molar-refractivity contribution in [3.8, 4) is 5.88 Å². The molecule has 0 saturated heterocycles. The predicted molar refractivity (Wildman–Crippen MR) is 60.0 cm³/mol. The van der Waals surface area contributed by atoms with E-state index in [2.05, 4.69) is 30.2 Å². The lowest BCUT2D eigenvalue weighted by molar-refractivity contribution is 0.387. The molecule has 1 saturated carbocycles. The molecule has 0 atom stereocenters. The zero-order valence-electron chi connectivity index (χ0n) is 9.58. The van der Waals surface area contributed by atoms with Gasteiger partial charge in [0, 0.05) is 12.1 Å². The summed E-state index contributed by atoms with van der Waals surface area (Å²) in [5.74, 6) is 0.698. The van der Waals surface area contributed by atoms with E-state index >= 15 is 0 Å². The Hall–Kier alpha value is -1.09. The lowest BCUT2D eigenvalue weighted by atomic mass is 10.1. The minimum absolute atomic E-state index is 0.114. The van der Waals surface area contributed by atoms with Gasteiger partial charge in [-0.15, -0.1) is 0 Å². The van der Waals surface area contributed by atoms with Crippen LogP contribution in [0.1, 0.15) is 32.4 Å². The van der Waals surface area contributed by atoms with E-state index in [9.17, 15) is 0 Å². The number of nitrogens with one attached hydrogen (secondary N) is 1. The molecule has 0 spiro atoms. The summed E-state index contributed by atoms with van der Waals surface area (Å²) < 4.78 is 5.14. The number of hydrogen-bond donors (Lipinski definition) is 1. The van der Waals surface area contributed by atoms with Gasteiger partial charge in [0.05, 0.1) is 18.3 Å². The van der Waals surface area contributed by atoms with Crippen molar-refractivity contribution in [2.24, 2.45) is 0 Å². The Morgan fingerprint density at radius 2 is 2.13 bits per heavy atom. The molecule has 0 bridgehead atoms. The second-order valence-electron chi connectivity index (χ2n) is 4.45. The first-order chi connectivity index (χ1) is 7.16. The lowest BCUT2D eigenvalue weighted by Gasteiger charge is -2.20. The molecule has 1 heterocycles. The van der Waals surface area contributed by atoms with Crippen molar-refractivity contribution in [1.82, 2.24) is 10.3 Å². The van der Waals surface area contributed by atoms with Crippen LogP contribution >= 0.6 is 0 Å². The molecule has 0 aliphatic heterocycles. The van der Waals surface area contributed by atoms with Gasteiger partial charge in [0.25, 0.3) is 0 Å². The molecule has 1 aliphatic carbocycles. The molecule has 1 aromatic heterocycles. The Bertz CT molecular complexity index is 345. The second kappa shape index (κ2) is 3.81.